The van der Waals surface area contributed by atoms with Gasteiger partial charge in [0.1, 0.15) is 5.69 Å². The molecule has 3 rings (SSSR count). The van der Waals surface area contributed by atoms with Crippen LogP contribution >= 0.6 is 0 Å². The fourth-order valence-electron chi connectivity index (χ4n) is 2.91. The predicted octanol–water partition coefficient (Wildman–Crippen LogP) is 2.54. The van der Waals surface area contributed by atoms with Gasteiger partial charge >= 0.3 is 0 Å². The van der Waals surface area contributed by atoms with Gasteiger partial charge < -0.3 is 10.1 Å². The van der Waals surface area contributed by atoms with Crippen molar-refractivity contribution in [1.82, 2.24) is 4.31 Å². The molecular formula is C18H21N3O5S. The summed E-state index contributed by atoms with van der Waals surface area (Å²) in [5.74, 6) is 0. The lowest BCUT2D eigenvalue weighted by atomic mass is 10.1. The summed E-state index contributed by atoms with van der Waals surface area (Å²) < 4.78 is 31.9. The van der Waals surface area contributed by atoms with E-state index >= 15 is 0 Å². The third-order valence-electron chi connectivity index (χ3n) is 4.50. The number of hydrogen-bond acceptors (Lipinski definition) is 6. The molecule has 9 heteroatoms. The molecule has 0 saturated carbocycles. The van der Waals surface area contributed by atoms with Crippen LogP contribution in [0.4, 0.5) is 11.4 Å². The summed E-state index contributed by atoms with van der Waals surface area (Å²) in [6.45, 7) is 3.48. The number of benzene rings is 2. The first-order valence-electron chi connectivity index (χ1n) is 8.54. The number of hydrogen-bond donors (Lipinski definition) is 1. The van der Waals surface area contributed by atoms with E-state index in [1.807, 2.05) is 31.2 Å². The van der Waals surface area contributed by atoms with Crippen molar-refractivity contribution in [2.24, 2.45) is 0 Å². The van der Waals surface area contributed by atoms with Gasteiger partial charge in [-0.15, -0.1) is 0 Å². The number of morpholine rings is 1. The summed E-state index contributed by atoms with van der Waals surface area (Å²) in [6, 6.07) is 11.7. The topological polar surface area (TPSA) is 102 Å². The molecule has 1 saturated heterocycles. The highest BCUT2D eigenvalue weighted by molar-refractivity contribution is 7.89. The quantitative estimate of drug-likeness (QED) is 0.600. The Labute approximate surface area is 158 Å². The fourth-order valence-corrected chi connectivity index (χ4v) is 4.34. The average Bonchev–Trinajstić information content (AvgIpc) is 2.68. The van der Waals surface area contributed by atoms with Crippen LogP contribution in [0.2, 0.25) is 0 Å². The predicted molar refractivity (Wildman–Crippen MR) is 101 cm³/mol. The van der Waals surface area contributed by atoms with Crippen LogP contribution in [0, 0.1) is 17.0 Å². The Morgan fingerprint density at radius 1 is 1.19 bits per heavy atom. The summed E-state index contributed by atoms with van der Waals surface area (Å²) in [6.07, 6.45) is 0. The Morgan fingerprint density at radius 2 is 1.89 bits per heavy atom. The van der Waals surface area contributed by atoms with Gasteiger partial charge in [-0.3, -0.25) is 10.1 Å². The molecule has 0 spiro atoms. The zero-order valence-electron chi connectivity index (χ0n) is 14.9. The number of nitrogens with zero attached hydrogens (tertiary/aromatic N) is 2. The van der Waals surface area contributed by atoms with Crippen molar-refractivity contribution < 1.29 is 18.1 Å². The van der Waals surface area contributed by atoms with E-state index in [4.69, 9.17) is 4.74 Å². The van der Waals surface area contributed by atoms with Crippen LogP contribution in [0.25, 0.3) is 0 Å². The minimum absolute atomic E-state index is 0.0856. The molecule has 0 aromatic heterocycles. The van der Waals surface area contributed by atoms with Gasteiger partial charge in [-0.25, -0.2) is 8.42 Å². The van der Waals surface area contributed by atoms with Gasteiger partial charge in [-0.1, -0.05) is 24.3 Å². The highest BCUT2D eigenvalue weighted by Gasteiger charge is 2.28. The summed E-state index contributed by atoms with van der Waals surface area (Å²) in [4.78, 5) is 10.8. The van der Waals surface area contributed by atoms with E-state index in [1.54, 1.807) is 0 Å². The summed E-state index contributed by atoms with van der Waals surface area (Å²) in [5, 5.41) is 14.5. The first-order valence-corrected chi connectivity index (χ1v) is 9.98. The molecule has 0 unspecified atom stereocenters. The van der Waals surface area contributed by atoms with Crippen LogP contribution in [0.3, 0.4) is 0 Å². The molecule has 0 bridgehead atoms. The first kappa shape index (κ1) is 19.3. The van der Waals surface area contributed by atoms with E-state index in [-0.39, 0.29) is 29.4 Å². The third kappa shape index (κ3) is 4.26. The molecule has 1 aliphatic rings. The SMILES string of the molecule is Cc1ccccc1CNc1ccc(S(=O)(=O)N2CCOCC2)cc1[N+](=O)[O-]. The van der Waals surface area contributed by atoms with E-state index in [0.29, 0.717) is 19.8 Å². The smallest absolute Gasteiger partial charge is 0.293 e. The molecule has 8 nitrogen and oxygen atoms in total. The van der Waals surface area contributed by atoms with Crippen molar-refractivity contribution in [3.8, 4) is 0 Å². The maximum atomic E-state index is 12.7. The van der Waals surface area contributed by atoms with Crippen molar-refractivity contribution in [3.05, 3.63) is 63.7 Å². The first-order chi connectivity index (χ1) is 12.9. The number of ether oxygens (including phenoxy) is 1. The molecule has 27 heavy (non-hydrogen) atoms. The van der Waals surface area contributed by atoms with E-state index < -0.39 is 14.9 Å². The van der Waals surface area contributed by atoms with Gasteiger partial charge in [0.2, 0.25) is 10.0 Å². The van der Waals surface area contributed by atoms with Crippen LogP contribution in [-0.4, -0.2) is 43.9 Å². The molecule has 2 aromatic carbocycles. The van der Waals surface area contributed by atoms with Crippen molar-refractivity contribution >= 4 is 21.4 Å². The van der Waals surface area contributed by atoms with E-state index in [1.165, 1.54) is 16.4 Å². The summed E-state index contributed by atoms with van der Waals surface area (Å²) >= 11 is 0. The van der Waals surface area contributed by atoms with Crippen molar-refractivity contribution in [1.29, 1.82) is 0 Å². The van der Waals surface area contributed by atoms with Gasteiger partial charge in [0.15, 0.2) is 0 Å². The second-order valence-corrected chi connectivity index (χ2v) is 8.17. The zero-order valence-corrected chi connectivity index (χ0v) is 15.7. The lowest BCUT2D eigenvalue weighted by Crippen LogP contribution is -2.40. The number of sulfonamides is 1. The maximum absolute atomic E-state index is 12.7. The molecule has 1 N–H and O–H groups in total. The largest absolute Gasteiger partial charge is 0.379 e. The average molecular weight is 391 g/mol. The minimum Gasteiger partial charge on any atom is -0.379 e. The second kappa shape index (κ2) is 8.03. The van der Waals surface area contributed by atoms with Crippen LogP contribution < -0.4 is 5.32 Å². The summed E-state index contributed by atoms with van der Waals surface area (Å²) in [7, 11) is -3.79. The third-order valence-corrected chi connectivity index (χ3v) is 6.40. The standard InChI is InChI=1S/C18H21N3O5S/c1-14-4-2-3-5-15(14)13-19-17-7-6-16(12-18(17)21(22)23)27(24,25)20-8-10-26-11-9-20/h2-7,12,19H,8-11,13H2,1H3. The monoisotopic (exact) mass is 391 g/mol. The molecule has 1 aliphatic heterocycles. The van der Waals surface area contributed by atoms with Gasteiger partial charge in [0, 0.05) is 25.7 Å². The normalized spacial score (nSPS) is 15.4. The van der Waals surface area contributed by atoms with Crippen LogP contribution in [-0.2, 0) is 21.3 Å². The second-order valence-electron chi connectivity index (χ2n) is 6.23. The number of nitro benzene ring substituents is 1. The Hall–Kier alpha value is -2.49. The van der Waals surface area contributed by atoms with Crippen LogP contribution in [0.1, 0.15) is 11.1 Å². The molecule has 1 heterocycles. The maximum Gasteiger partial charge on any atom is 0.293 e. The molecule has 1 fully saturated rings. The highest BCUT2D eigenvalue weighted by atomic mass is 32.2. The van der Waals surface area contributed by atoms with E-state index in [2.05, 4.69) is 5.32 Å². The number of rotatable bonds is 6. The van der Waals surface area contributed by atoms with E-state index in [9.17, 15) is 18.5 Å². The summed E-state index contributed by atoms with van der Waals surface area (Å²) in [5.41, 5.74) is 2.10. The lowest BCUT2D eigenvalue weighted by molar-refractivity contribution is -0.384. The Morgan fingerprint density at radius 3 is 2.56 bits per heavy atom. The van der Waals surface area contributed by atoms with Crippen molar-refractivity contribution in [3.63, 3.8) is 0 Å². The molecular weight excluding hydrogens is 370 g/mol. The van der Waals surface area contributed by atoms with Crippen LogP contribution in [0.5, 0.6) is 0 Å². The molecule has 0 radical (unpaired) electrons. The number of nitrogens with one attached hydrogen (secondary N) is 1. The lowest BCUT2D eigenvalue weighted by Gasteiger charge is -2.26. The molecule has 0 atom stereocenters. The molecule has 0 amide bonds. The van der Waals surface area contributed by atoms with Crippen LogP contribution in [0.15, 0.2) is 47.4 Å². The van der Waals surface area contributed by atoms with Gasteiger partial charge in [0.05, 0.1) is 23.0 Å². The fraction of sp³-hybridized carbons (Fsp3) is 0.333. The Bertz CT molecular complexity index is 940. The van der Waals surface area contributed by atoms with Gasteiger partial charge in [-0.05, 0) is 30.2 Å². The molecule has 0 aliphatic carbocycles. The molecule has 144 valence electrons. The number of nitro groups is 1. The Kier molecular flexibility index (Phi) is 5.73. The number of anilines is 1. The zero-order chi connectivity index (χ0) is 19.4. The number of aryl methyl sites for hydroxylation is 1. The van der Waals surface area contributed by atoms with Gasteiger partial charge in [0.25, 0.3) is 5.69 Å². The van der Waals surface area contributed by atoms with E-state index in [0.717, 1.165) is 17.2 Å². The highest BCUT2D eigenvalue weighted by Crippen LogP contribution is 2.29. The van der Waals surface area contributed by atoms with Gasteiger partial charge in [-0.2, -0.15) is 4.31 Å². The van der Waals surface area contributed by atoms with Crippen molar-refractivity contribution in [2.45, 2.75) is 18.4 Å². The van der Waals surface area contributed by atoms with Crippen molar-refractivity contribution in [2.75, 3.05) is 31.6 Å². The Balaban J connectivity index is 1.86. The molecule has 2 aromatic rings. The minimum atomic E-state index is -3.79.